The fourth-order valence-corrected chi connectivity index (χ4v) is 2.66. The second kappa shape index (κ2) is 10.3. The molecule has 2 amide bonds. The molecule has 3 N–H and O–H groups in total. The van der Waals surface area contributed by atoms with Crippen molar-refractivity contribution in [2.24, 2.45) is 0 Å². The van der Waals surface area contributed by atoms with Gasteiger partial charge in [0.2, 0.25) is 5.91 Å². The summed E-state index contributed by atoms with van der Waals surface area (Å²) in [6, 6.07) is 14.9. The molecule has 1 atom stereocenters. The van der Waals surface area contributed by atoms with E-state index in [9.17, 15) is 14.4 Å². The summed E-state index contributed by atoms with van der Waals surface area (Å²) in [4.78, 5) is 35.1. The number of nitrogens with one attached hydrogen (secondary N) is 2. The van der Waals surface area contributed by atoms with E-state index in [1.807, 2.05) is 6.07 Å². The van der Waals surface area contributed by atoms with Gasteiger partial charge in [-0.25, -0.2) is 0 Å². The molecule has 0 radical (unpaired) electrons. The SMILES string of the molecule is O=C(O)CC(NC(=O)CCCNC(=O)c1ccc(Cl)cc1)c1ccccc1. The third kappa shape index (κ3) is 7.11. The molecule has 0 bridgehead atoms. The van der Waals surface area contributed by atoms with Gasteiger partial charge in [0.25, 0.3) is 5.91 Å². The summed E-state index contributed by atoms with van der Waals surface area (Å²) in [6.45, 7) is 0.337. The Hall–Kier alpha value is -2.86. The van der Waals surface area contributed by atoms with Crippen LogP contribution in [0.4, 0.5) is 0 Å². The molecule has 6 nitrogen and oxygen atoms in total. The average molecular weight is 389 g/mol. The predicted molar refractivity (Wildman–Crippen MR) is 103 cm³/mol. The van der Waals surface area contributed by atoms with Gasteiger partial charge in [-0.2, -0.15) is 0 Å². The van der Waals surface area contributed by atoms with E-state index in [0.717, 1.165) is 5.56 Å². The Labute approximate surface area is 162 Å². The monoisotopic (exact) mass is 388 g/mol. The third-order valence-corrected chi connectivity index (χ3v) is 4.14. The third-order valence-electron chi connectivity index (χ3n) is 3.89. The minimum atomic E-state index is -0.987. The number of carboxylic acids is 1. The molecule has 7 heteroatoms. The van der Waals surface area contributed by atoms with Crippen molar-refractivity contribution in [3.63, 3.8) is 0 Å². The highest BCUT2D eigenvalue weighted by Gasteiger charge is 2.17. The fourth-order valence-electron chi connectivity index (χ4n) is 2.53. The first-order valence-corrected chi connectivity index (χ1v) is 8.93. The van der Waals surface area contributed by atoms with Gasteiger partial charge in [-0.15, -0.1) is 0 Å². The highest BCUT2D eigenvalue weighted by molar-refractivity contribution is 6.30. The van der Waals surface area contributed by atoms with Crippen LogP contribution in [-0.4, -0.2) is 29.4 Å². The quantitative estimate of drug-likeness (QED) is 0.575. The van der Waals surface area contributed by atoms with Gasteiger partial charge >= 0.3 is 5.97 Å². The lowest BCUT2D eigenvalue weighted by Crippen LogP contribution is -2.31. The molecule has 0 saturated carbocycles. The number of hydrogen-bond acceptors (Lipinski definition) is 3. The van der Waals surface area contributed by atoms with E-state index in [4.69, 9.17) is 16.7 Å². The zero-order valence-corrected chi connectivity index (χ0v) is 15.4. The molecule has 1 unspecified atom stereocenters. The van der Waals surface area contributed by atoms with Crippen LogP contribution < -0.4 is 10.6 Å². The first kappa shape index (κ1) is 20.5. The molecule has 27 heavy (non-hydrogen) atoms. The number of benzene rings is 2. The van der Waals surface area contributed by atoms with Gasteiger partial charge < -0.3 is 15.7 Å². The van der Waals surface area contributed by atoms with Crippen molar-refractivity contribution in [3.05, 3.63) is 70.7 Å². The van der Waals surface area contributed by atoms with Crippen molar-refractivity contribution < 1.29 is 19.5 Å². The van der Waals surface area contributed by atoms with E-state index >= 15 is 0 Å². The van der Waals surface area contributed by atoms with Crippen LogP contribution in [-0.2, 0) is 9.59 Å². The van der Waals surface area contributed by atoms with Crippen molar-refractivity contribution in [1.82, 2.24) is 10.6 Å². The number of carbonyl (C=O) groups is 3. The molecule has 2 rings (SSSR count). The van der Waals surface area contributed by atoms with E-state index in [2.05, 4.69) is 10.6 Å². The van der Waals surface area contributed by atoms with Crippen molar-refractivity contribution in [2.45, 2.75) is 25.3 Å². The summed E-state index contributed by atoms with van der Waals surface area (Å²) >= 11 is 5.78. The van der Waals surface area contributed by atoms with Crippen LogP contribution in [0.1, 0.15) is 41.2 Å². The molecule has 0 spiro atoms. The van der Waals surface area contributed by atoms with E-state index in [1.54, 1.807) is 48.5 Å². The molecule has 0 fully saturated rings. The summed E-state index contributed by atoms with van der Waals surface area (Å²) in [7, 11) is 0. The molecular formula is C20H21ClN2O4. The van der Waals surface area contributed by atoms with Crippen LogP contribution >= 0.6 is 11.6 Å². The first-order chi connectivity index (χ1) is 13.0. The number of amides is 2. The molecule has 142 valence electrons. The molecule has 0 aromatic heterocycles. The lowest BCUT2D eigenvalue weighted by Gasteiger charge is -2.17. The molecule has 0 aliphatic heterocycles. The summed E-state index contributed by atoms with van der Waals surface area (Å²) in [5, 5.41) is 15.1. The van der Waals surface area contributed by atoms with Crippen LogP contribution in [0.3, 0.4) is 0 Å². The Bertz CT molecular complexity index is 778. The Balaban J connectivity index is 1.77. The molecule has 0 aliphatic carbocycles. The second-order valence-corrected chi connectivity index (χ2v) is 6.43. The van der Waals surface area contributed by atoms with E-state index in [0.29, 0.717) is 23.6 Å². The first-order valence-electron chi connectivity index (χ1n) is 8.55. The summed E-state index contributed by atoms with van der Waals surface area (Å²) < 4.78 is 0. The summed E-state index contributed by atoms with van der Waals surface area (Å²) in [6.07, 6.45) is 0.437. The number of hydrogen-bond donors (Lipinski definition) is 3. The lowest BCUT2D eigenvalue weighted by molar-refractivity contribution is -0.137. The minimum absolute atomic E-state index is 0.184. The van der Waals surface area contributed by atoms with Gasteiger partial charge in [0.1, 0.15) is 0 Å². The fraction of sp³-hybridized carbons (Fsp3) is 0.250. The number of carbonyl (C=O) groups excluding carboxylic acids is 2. The minimum Gasteiger partial charge on any atom is -0.481 e. The number of carboxylic acid groups (broad SMARTS) is 1. The van der Waals surface area contributed by atoms with Gasteiger partial charge in [0.05, 0.1) is 12.5 Å². The molecule has 0 heterocycles. The highest BCUT2D eigenvalue weighted by atomic mass is 35.5. The maximum absolute atomic E-state index is 12.1. The molecule has 2 aromatic carbocycles. The highest BCUT2D eigenvalue weighted by Crippen LogP contribution is 2.16. The van der Waals surface area contributed by atoms with Gasteiger partial charge in [0, 0.05) is 23.6 Å². The van der Waals surface area contributed by atoms with Gasteiger partial charge in [-0.3, -0.25) is 14.4 Å². The van der Waals surface area contributed by atoms with Gasteiger partial charge in [-0.05, 0) is 36.2 Å². The normalized spacial score (nSPS) is 11.4. The average Bonchev–Trinajstić information content (AvgIpc) is 2.65. The summed E-state index contributed by atoms with van der Waals surface area (Å²) in [5.74, 6) is -1.48. The van der Waals surface area contributed by atoms with Gasteiger partial charge in [0.15, 0.2) is 0 Å². The van der Waals surface area contributed by atoms with Gasteiger partial charge in [-0.1, -0.05) is 41.9 Å². The van der Waals surface area contributed by atoms with E-state index < -0.39 is 12.0 Å². The maximum Gasteiger partial charge on any atom is 0.305 e. The molecular weight excluding hydrogens is 368 g/mol. The van der Waals surface area contributed by atoms with Crippen molar-refractivity contribution >= 4 is 29.4 Å². The van der Waals surface area contributed by atoms with E-state index in [-0.39, 0.29) is 24.7 Å². The molecule has 0 aliphatic rings. The van der Waals surface area contributed by atoms with E-state index in [1.165, 1.54) is 0 Å². The Morgan fingerprint density at radius 1 is 1.00 bits per heavy atom. The zero-order valence-electron chi connectivity index (χ0n) is 14.7. The second-order valence-electron chi connectivity index (χ2n) is 5.99. The molecule has 2 aromatic rings. The van der Waals surface area contributed by atoms with Crippen LogP contribution in [0.2, 0.25) is 5.02 Å². The molecule has 0 saturated heterocycles. The Morgan fingerprint density at radius 3 is 2.30 bits per heavy atom. The Morgan fingerprint density at radius 2 is 1.67 bits per heavy atom. The number of rotatable bonds is 9. The van der Waals surface area contributed by atoms with Crippen LogP contribution in [0.25, 0.3) is 0 Å². The standard InChI is InChI=1S/C20H21ClN2O4/c21-16-10-8-15(9-11-16)20(27)22-12-4-7-18(24)23-17(13-19(25)26)14-5-2-1-3-6-14/h1-3,5-6,8-11,17H,4,7,12-13H2,(H,22,27)(H,23,24)(H,25,26). The summed E-state index contributed by atoms with van der Waals surface area (Å²) in [5.41, 5.74) is 1.23. The van der Waals surface area contributed by atoms with Crippen molar-refractivity contribution in [3.8, 4) is 0 Å². The number of aliphatic carboxylic acids is 1. The predicted octanol–water partition coefficient (Wildman–Crippen LogP) is 3.18. The largest absolute Gasteiger partial charge is 0.481 e. The van der Waals surface area contributed by atoms with Crippen LogP contribution in [0, 0.1) is 0 Å². The Kier molecular flexibility index (Phi) is 7.82. The maximum atomic E-state index is 12.1. The smallest absolute Gasteiger partial charge is 0.305 e. The zero-order chi connectivity index (χ0) is 19.6. The van der Waals surface area contributed by atoms with Crippen LogP contribution in [0.5, 0.6) is 0 Å². The van der Waals surface area contributed by atoms with Crippen LogP contribution in [0.15, 0.2) is 54.6 Å². The van der Waals surface area contributed by atoms with Crippen molar-refractivity contribution in [1.29, 1.82) is 0 Å². The lowest BCUT2D eigenvalue weighted by atomic mass is 10.0. The van der Waals surface area contributed by atoms with Crippen molar-refractivity contribution in [2.75, 3.05) is 6.54 Å². The number of halogens is 1. The topological polar surface area (TPSA) is 95.5 Å².